The number of benzene rings is 1. The molecule has 0 aliphatic heterocycles. The van der Waals surface area contributed by atoms with Gasteiger partial charge >= 0.3 is 5.97 Å². The van der Waals surface area contributed by atoms with Crippen molar-refractivity contribution in [1.29, 1.82) is 5.26 Å². The van der Waals surface area contributed by atoms with E-state index in [9.17, 15) is 9.18 Å². The Morgan fingerprint density at radius 2 is 2.26 bits per heavy atom. The summed E-state index contributed by atoms with van der Waals surface area (Å²) in [5.74, 6) is -1.36. The number of furan rings is 1. The van der Waals surface area contributed by atoms with Crippen LogP contribution in [-0.2, 0) is 6.54 Å². The standard InChI is InChI=1S/C13H9FN2O3/c14-9-1-2-11(8(5-9)6-15)16-7-12-10(13(17)18)3-4-19-12/h1-5,16H,7H2,(H,17,18). The molecule has 1 aromatic carbocycles. The highest BCUT2D eigenvalue weighted by molar-refractivity contribution is 5.88. The first-order chi connectivity index (χ1) is 9.11. The topological polar surface area (TPSA) is 86.3 Å². The van der Waals surface area contributed by atoms with Gasteiger partial charge in [0, 0.05) is 0 Å². The third kappa shape index (κ3) is 2.72. The van der Waals surface area contributed by atoms with Crippen molar-refractivity contribution in [2.75, 3.05) is 5.32 Å². The molecule has 0 radical (unpaired) electrons. The highest BCUT2D eigenvalue weighted by Gasteiger charge is 2.13. The van der Waals surface area contributed by atoms with Crippen LogP contribution in [0.3, 0.4) is 0 Å². The van der Waals surface area contributed by atoms with Gasteiger partial charge in [-0.05, 0) is 24.3 Å². The van der Waals surface area contributed by atoms with E-state index in [-0.39, 0.29) is 23.4 Å². The van der Waals surface area contributed by atoms with Crippen LogP contribution in [0.5, 0.6) is 0 Å². The number of carbonyl (C=O) groups is 1. The predicted molar refractivity (Wildman–Crippen MR) is 64.1 cm³/mol. The maximum Gasteiger partial charge on any atom is 0.339 e. The first-order valence-corrected chi connectivity index (χ1v) is 5.35. The number of halogens is 1. The Bertz CT molecular complexity index is 658. The number of nitriles is 1. The van der Waals surface area contributed by atoms with Gasteiger partial charge in [0.25, 0.3) is 0 Å². The van der Waals surface area contributed by atoms with E-state index in [0.717, 1.165) is 6.07 Å². The molecule has 19 heavy (non-hydrogen) atoms. The van der Waals surface area contributed by atoms with Crippen molar-refractivity contribution in [2.24, 2.45) is 0 Å². The van der Waals surface area contributed by atoms with E-state index >= 15 is 0 Å². The van der Waals surface area contributed by atoms with Crippen LogP contribution in [0.25, 0.3) is 0 Å². The molecule has 0 atom stereocenters. The molecule has 2 N–H and O–H groups in total. The highest BCUT2D eigenvalue weighted by atomic mass is 19.1. The lowest BCUT2D eigenvalue weighted by Gasteiger charge is -2.07. The molecule has 2 rings (SSSR count). The number of carboxylic acid groups (broad SMARTS) is 1. The molecule has 0 aliphatic carbocycles. The molecular formula is C13H9FN2O3. The smallest absolute Gasteiger partial charge is 0.339 e. The molecule has 6 heteroatoms. The first-order valence-electron chi connectivity index (χ1n) is 5.35. The van der Waals surface area contributed by atoms with Crippen molar-refractivity contribution in [2.45, 2.75) is 6.54 Å². The number of nitrogens with zero attached hydrogens (tertiary/aromatic N) is 1. The molecule has 0 unspecified atom stereocenters. The fraction of sp³-hybridized carbons (Fsp3) is 0.0769. The minimum atomic E-state index is -1.09. The van der Waals surface area contributed by atoms with Gasteiger partial charge in [-0.15, -0.1) is 0 Å². The van der Waals surface area contributed by atoms with Gasteiger partial charge in [0.2, 0.25) is 0 Å². The lowest BCUT2D eigenvalue weighted by Crippen LogP contribution is -2.05. The SMILES string of the molecule is N#Cc1cc(F)ccc1NCc1occc1C(=O)O. The van der Waals surface area contributed by atoms with Gasteiger partial charge < -0.3 is 14.8 Å². The van der Waals surface area contributed by atoms with E-state index < -0.39 is 11.8 Å². The molecule has 1 heterocycles. The van der Waals surface area contributed by atoms with Gasteiger partial charge in [-0.2, -0.15) is 5.26 Å². The summed E-state index contributed by atoms with van der Waals surface area (Å²) in [6.07, 6.45) is 1.27. The zero-order valence-corrected chi connectivity index (χ0v) is 9.68. The number of carboxylic acids is 1. The number of hydrogen-bond acceptors (Lipinski definition) is 4. The van der Waals surface area contributed by atoms with Crippen LogP contribution >= 0.6 is 0 Å². The predicted octanol–water partition coefficient (Wildman–Crippen LogP) is 2.60. The normalized spacial score (nSPS) is 9.89. The molecule has 1 aromatic heterocycles. The number of hydrogen-bond donors (Lipinski definition) is 2. The summed E-state index contributed by atoms with van der Waals surface area (Å²) in [6.45, 7) is 0.0922. The maximum atomic E-state index is 12.9. The molecule has 0 amide bonds. The van der Waals surface area contributed by atoms with Gasteiger partial charge in [-0.25, -0.2) is 9.18 Å². The van der Waals surface area contributed by atoms with Crippen LogP contribution in [-0.4, -0.2) is 11.1 Å². The summed E-state index contributed by atoms with van der Waals surface area (Å²) in [5.41, 5.74) is 0.605. The summed E-state index contributed by atoms with van der Waals surface area (Å²) < 4.78 is 18.0. The maximum absolute atomic E-state index is 12.9. The molecule has 0 spiro atoms. The Hall–Kier alpha value is -2.81. The van der Waals surface area contributed by atoms with Crippen molar-refractivity contribution in [3.63, 3.8) is 0 Å². The largest absolute Gasteiger partial charge is 0.478 e. The summed E-state index contributed by atoms with van der Waals surface area (Å²) in [4.78, 5) is 10.9. The quantitative estimate of drug-likeness (QED) is 0.882. The monoisotopic (exact) mass is 260 g/mol. The van der Waals surface area contributed by atoms with Gasteiger partial charge in [0.1, 0.15) is 23.2 Å². The van der Waals surface area contributed by atoms with E-state index in [1.165, 1.54) is 24.5 Å². The Labute approximate surface area is 107 Å². The van der Waals surface area contributed by atoms with Crippen LogP contribution in [0.2, 0.25) is 0 Å². The fourth-order valence-electron chi connectivity index (χ4n) is 1.61. The molecule has 0 aliphatic rings. The van der Waals surface area contributed by atoms with Gasteiger partial charge in [-0.3, -0.25) is 0 Å². The average molecular weight is 260 g/mol. The third-order valence-corrected chi connectivity index (χ3v) is 2.52. The molecule has 0 fully saturated rings. The van der Waals surface area contributed by atoms with Crippen molar-refractivity contribution >= 4 is 11.7 Å². The molecule has 0 bridgehead atoms. The van der Waals surface area contributed by atoms with Gasteiger partial charge in [0.05, 0.1) is 24.1 Å². The Balaban J connectivity index is 2.17. The lowest BCUT2D eigenvalue weighted by molar-refractivity contribution is 0.0694. The first kappa shape index (κ1) is 12.6. The number of anilines is 1. The Kier molecular flexibility index (Phi) is 3.48. The van der Waals surface area contributed by atoms with E-state index in [0.29, 0.717) is 5.69 Å². The lowest BCUT2D eigenvalue weighted by atomic mass is 10.2. The second-order valence-corrected chi connectivity index (χ2v) is 3.72. The van der Waals surface area contributed by atoms with Crippen molar-refractivity contribution < 1.29 is 18.7 Å². The number of aromatic carboxylic acids is 1. The highest BCUT2D eigenvalue weighted by Crippen LogP contribution is 2.18. The molecular weight excluding hydrogens is 251 g/mol. The van der Waals surface area contributed by atoms with E-state index in [4.69, 9.17) is 14.8 Å². The Morgan fingerprint density at radius 1 is 1.47 bits per heavy atom. The van der Waals surface area contributed by atoms with Crippen LogP contribution < -0.4 is 5.32 Å². The number of rotatable bonds is 4. The molecule has 96 valence electrons. The zero-order valence-electron chi connectivity index (χ0n) is 9.68. The summed E-state index contributed by atoms with van der Waals surface area (Å²) in [7, 11) is 0. The van der Waals surface area contributed by atoms with Gasteiger partial charge in [0.15, 0.2) is 0 Å². The zero-order chi connectivity index (χ0) is 13.8. The van der Waals surface area contributed by atoms with Crippen LogP contribution in [0.15, 0.2) is 34.9 Å². The van der Waals surface area contributed by atoms with Crippen molar-refractivity contribution in [3.05, 3.63) is 53.2 Å². The van der Waals surface area contributed by atoms with E-state index in [2.05, 4.69) is 5.32 Å². The molecule has 2 aromatic rings. The van der Waals surface area contributed by atoms with Crippen LogP contribution in [0.4, 0.5) is 10.1 Å². The van der Waals surface area contributed by atoms with E-state index in [1.807, 2.05) is 6.07 Å². The summed E-state index contributed by atoms with van der Waals surface area (Å²) >= 11 is 0. The molecule has 0 saturated carbocycles. The van der Waals surface area contributed by atoms with E-state index in [1.54, 1.807) is 0 Å². The summed E-state index contributed by atoms with van der Waals surface area (Å²) in [6, 6.07) is 6.92. The fourth-order valence-corrected chi connectivity index (χ4v) is 1.61. The summed E-state index contributed by atoms with van der Waals surface area (Å²) in [5, 5.41) is 20.6. The van der Waals surface area contributed by atoms with Crippen molar-refractivity contribution in [3.8, 4) is 6.07 Å². The minimum Gasteiger partial charge on any atom is -0.478 e. The third-order valence-electron chi connectivity index (χ3n) is 2.52. The van der Waals surface area contributed by atoms with Gasteiger partial charge in [-0.1, -0.05) is 0 Å². The number of nitrogens with one attached hydrogen (secondary N) is 1. The molecule has 0 saturated heterocycles. The molecule has 5 nitrogen and oxygen atoms in total. The second kappa shape index (κ2) is 5.23. The second-order valence-electron chi connectivity index (χ2n) is 3.72. The van der Waals surface area contributed by atoms with Crippen molar-refractivity contribution in [1.82, 2.24) is 0 Å². The van der Waals surface area contributed by atoms with Crippen LogP contribution in [0, 0.1) is 17.1 Å². The average Bonchev–Trinajstić information content (AvgIpc) is 2.85. The minimum absolute atomic E-state index is 0.0492. The Morgan fingerprint density at radius 3 is 2.95 bits per heavy atom. The van der Waals surface area contributed by atoms with Crippen LogP contribution in [0.1, 0.15) is 21.7 Å².